The smallest absolute Gasteiger partial charge is 0.230 e. The van der Waals surface area contributed by atoms with E-state index in [2.05, 4.69) is 15.5 Å². The molecular formula is C26H22FN3O3S. The summed E-state index contributed by atoms with van der Waals surface area (Å²) in [7, 11) is 0. The van der Waals surface area contributed by atoms with Crippen LogP contribution in [-0.4, -0.2) is 35.1 Å². The molecule has 0 fully saturated rings. The number of halogens is 1. The van der Waals surface area contributed by atoms with E-state index in [1.165, 1.54) is 23.9 Å². The normalized spacial score (nSPS) is 13.5. The quantitative estimate of drug-likeness (QED) is 0.388. The molecule has 1 aliphatic heterocycles. The first-order chi connectivity index (χ1) is 16.6. The van der Waals surface area contributed by atoms with Gasteiger partial charge in [-0.15, -0.1) is 10.2 Å². The maximum Gasteiger partial charge on any atom is 0.230 e. The molecule has 1 aliphatic rings. The Balaban J connectivity index is 1.29. The number of carbonyl (C=O) groups excluding carboxylic acids is 1. The number of benzene rings is 3. The van der Waals surface area contributed by atoms with Crippen molar-refractivity contribution in [3.63, 3.8) is 0 Å². The zero-order valence-electron chi connectivity index (χ0n) is 18.5. The minimum Gasteiger partial charge on any atom is -0.486 e. The van der Waals surface area contributed by atoms with Gasteiger partial charge in [0, 0.05) is 16.3 Å². The second-order valence-corrected chi connectivity index (χ2v) is 8.85. The minimum atomic E-state index is -0.301. The molecule has 0 spiro atoms. The Labute approximate surface area is 200 Å². The van der Waals surface area contributed by atoms with Gasteiger partial charge >= 0.3 is 0 Å². The fourth-order valence-corrected chi connectivity index (χ4v) is 4.62. The van der Waals surface area contributed by atoms with E-state index in [1.54, 1.807) is 12.1 Å². The third-order valence-electron chi connectivity index (χ3n) is 5.55. The first-order valence-electron chi connectivity index (χ1n) is 10.9. The molecule has 1 aromatic heterocycles. The van der Waals surface area contributed by atoms with Crippen molar-refractivity contribution < 1.29 is 18.7 Å². The molecule has 1 amide bonds. The van der Waals surface area contributed by atoms with Crippen LogP contribution in [0.15, 0.2) is 71.8 Å². The van der Waals surface area contributed by atoms with Crippen molar-refractivity contribution in [2.45, 2.75) is 18.0 Å². The van der Waals surface area contributed by atoms with E-state index in [4.69, 9.17) is 9.47 Å². The fraction of sp³-hybridized carbons (Fsp3) is 0.192. The number of nitrogens with one attached hydrogen (secondary N) is 1. The zero-order chi connectivity index (χ0) is 23.5. The van der Waals surface area contributed by atoms with E-state index in [0.717, 1.165) is 27.6 Å². The van der Waals surface area contributed by atoms with Gasteiger partial charge in [-0.05, 0) is 48.9 Å². The number of thioether (sulfide) groups is 1. The Morgan fingerprint density at radius 3 is 2.53 bits per heavy atom. The molecule has 0 unspecified atom stereocenters. The minimum absolute atomic E-state index is 0.110. The van der Waals surface area contributed by atoms with Crippen molar-refractivity contribution >= 4 is 28.4 Å². The molecule has 0 radical (unpaired) electrons. The molecule has 0 saturated carbocycles. The first kappa shape index (κ1) is 22.2. The van der Waals surface area contributed by atoms with Crippen LogP contribution in [0.3, 0.4) is 0 Å². The van der Waals surface area contributed by atoms with E-state index in [9.17, 15) is 9.18 Å². The van der Waals surface area contributed by atoms with Gasteiger partial charge in [-0.2, -0.15) is 0 Å². The van der Waals surface area contributed by atoms with Crippen molar-refractivity contribution in [2.24, 2.45) is 0 Å². The average molecular weight is 476 g/mol. The van der Waals surface area contributed by atoms with Crippen LogP contribution in [0.1, 0.15) is 18.5 Å². The van der Waals surface area contributed by atoms with Crippen molar-refractivity contribution in [3.05, 3.63) is 78.1 Å². The molecule has 6 nitrogen and oxygen atoms in total. The Hall–Kier alpha value is -3.65. The van der Waals surface area contributed by atoms with E-state index in [-0.39, 0.29) is 23.5 Å². The van der Waals surface area contributed by atoms with E-state index in [1.807, 2.05) is 49.4 Å². The number of aromatic nitrogens is 2. The third kappa shape index (κ3) is 4.68. The summed E-state index contributed by atoms with van der Waals surface area (Å²) in [5.74, 6) is 1.20. The van der Waals surface area contributed by atoms with E-state index in [0.29, 0.717) is 29.7 Å². The van der Waals surface area contributed by atoms with Crippen LogP contribution in [0, 0.1) is 5.82 Å². The molecule has 4 aromatic rings. The second kappa shape index (κ2) is 9.69. The van der Waals surface area contributed by atoms with Crippen molar-refractivity contribution in [1.29, 1.82) is 0 Å². The van der Waals surface area contributed by atoms with Crippen LogP contribution in [0.25, 0.3) is 22.0 Å². The van der Waals surface area contributed by atoms with Crippen molar-refractivity contribution in [2.75, 3.05) is 19.0 Å². The second-order valence-electron chi connectivity index (χ2n) is 7.89. The predicted molar refractivity (Wildman–Crippen MR) is 130 cm³/mol. The van der Waals surface area contributed by atoms with Gasteiger partial charge in [0.05, 0.1) is 11.8 Å². The number of fused-ring (bicyclic) bond motifs is 2. The predicted octanol–water partition coefficient (Wildman–Crippen LogP) is 5.18. The summed E-state index contributed by atoms with van der Waals surface area (Å²) < 4.78 is 24.5. The molecule has 0 bridgehead atoms. The number of carbonyl (C=O) groups is 1. The summed E-state index contributed by atoms with van der Waals surface area (Å²) in [6.45, 7) is 2.99. The lowest BCUT2D eigenvalue weighted by Gasteiger charge is -2.21. The van der Waals surface area contributed by atoms with Gasteiger partial charge in [-0.3, -0.25) is 4.79 Å². The summed E-state index contributed by atoms with van der Waals surface area (Å²) >= 11 is 1.33. The van der Waals surface area contributed by atoms with Crippen molar-refractivity contribution in [3.8, 4) is 22.8 Å². The molecule has 0 saturated heterocycles. The fourth-order valence-electron chi connectivity index (χ4n) is 3.84. The molecule has 2 heterocycles. The lowest BCUT2D eigenvalue weighted by atomic mass is 10.1. The lowest BCUT2D eigenvalue weighted by molar-refractivity contribution is -0.119. The van der Waals surface area contributed by atoms with Gasteiger partial charge in [0.15, 0.2) is 11.5 Å². The maximum atomic E-state index is 13.3. The Bertz CT molecular complexity index is 1350. The van der Waals surface area contributed by atoms with Gasteiger partial charge in [-0.1, -0.05) is 42.1 Å². The van der Waals surface area contributed by atoms with Crippen LogP contribution in [0.2, 0.25) is 0 Å². The summed E-state index contributed by atoms with van der Waals surface area (Å²) in [6.07, 6.45) is 0. The Kier molecular flexibility index (Phi) is 6.31. The maximum absolute atomic E-state index is 13.3. The number of hydrogen-bond donors (Lipinski definition) is 1. The number of amides is 1. The number of ether oxygens (including phenoxy) is 2. The van der Waals surface area contributed by atoms with Crippen LogP contribution < -0.4 is 14.8 Å². The van der Waals surface area contributed by atoms with Crippen molar-refractivity contribution in [1.82, 2.24) is 15.5 Å². The Morgan fingerprint density at radius 1 is 1.00 bits per heavy atom. The summed E-state index contributed by atoms with van der Waals surface area (Å²) in [6, 6.07) is 19.4. The van der Waals surface area contributed by atoms with Crippen LogP contribution in [0.4, 0.5) is 4.39 Å². The molecule has 1 atom stereocenters. The molecule has 5 rings (SSSR count). The van der Waals surface area contributed by atoms with Gasteiger partial charge in [0.2, 0.25) is 5.91 Å². The molecule has 3 aromatic carbocycles. The van der Waals surface area contributed by atoms with Crippen LogP contribution >= 0.6 is 11.8 Å². The number of hydrogen-bond acceptors (Lipinski definition) is 6. The van der Waals surface area contributed by atoms with E-state index < -0.39 is 0 Å². The van der Waals surface area contributed by atoms with Gasteiger partial charge < -0.3 is 14.8 Å². The number of rotatable bonds is 6. The molecule has 0 aliphatic carbocycles. The molecule has 1 N–H and O–H groups in total. The van der Waals surface area contributed by atoms with Gasteiger partial charge in [0.1, 0.15) is 29.8 Å². The highest BCUT2D eigenvalue weighted by Gasteiger charge is 2.17. The largest absolute Gasteiger partial charge is 0.486 e. The molecular weight excluding hydrogens is 453 g/mol. The third-order valence-corrected chi connectivity index (χ3v) is 6.54. The highest BCUT2D eigenvalue weighted by atomic mass is 32.2. The zero-order valence-corrected chi connectivity index (χ0v) is 19.3. The standard InChI is InChI=1S/C26H22FN3O3S/c1-16(18-8-11-22-23(14-18)33-13-12-32-22)28-24(31)15-34-26-21-5-3-2-4-20(21)25(29-30-26)17-6-9-19(27)10-7-17/h2-11,14,16H,12-13,15H2,1H3,(H,28,31)/t16-/m1/s1. The van der Waals surface area contributed by atoms with Gasteiger partial charge in [0.25, 0.3) is 0 Å². The first-order valence-corrected chi connectivity index (χ1v) is 11.9. The summed E-state index contributed by atoms with van der Waals surface area (Å²) in [5, 5.41) is 14.2. The monoisotopic (exact) mass is 475 g/mol. The Morgan fingerprint density at radius 2 is 1.74 bits per heavy atom. The molecule has 8 heteroatoms. The molecule has 172 valence electrons. The average Bonchev–Trinajstić information content (AvgIpc) is 2.87. The lowest BCUT2D eigenvalue weighted by Crippen LogP contribution is -2.28. The van der Waals surface area contributed by atoms with Crippen LogP contribution in [0.5, 0.6) is 11.5 Å². The SMILES string of the molecule is C[C@@H](NC(=O)CSc1nnc(-c2ccc(F)cc2)c2ccccc12)c1ccc2c(c1)OCCO2. The summed E-state index contributed by atoms with van der Waals surface area (Å²) in [5.41, 5.74) is 2.40. The number of nitrogens with zero attached hydrogens (tertiary/aromatic N) is 2. The van der Waals surface area contributed by atoms with Gasteiger partial charge in [-0.25, -0.2) is 4.39 Å². The molecule has 34 heavy (non-hydrogen) atoms. The van der Waals surface area contributed by atoms with Crippen LogP contribution in [-0.2, 0) is 4.79 Å². The summed E-state index contributed by atoms with van der Waals surface area (Å²) in [4.78, 5) is 12.7. The topological polar surface area (TPSA) is 73.3 Å². The highest BCUT2D eigenvalue weighted by molar-refractivity contribution is 8.00. The van der Waals surface area contributed by atoms with E-state index >= 15 is 0 Å². The highest BCUT2D eigenvalue weighted by Crippen LogP contribution is 2.33.